The smallest absolute Gasteiger partial charge is 0.282 e. The van der Waals surface area contributed by atoms with Gasteiger partial charge in [-0.15, -0.1) is 0 Å². The minimum Gasteiger partial charge on any atom is -0.494 e. The molecule has 5 heteroatoms. The van der Waals surface area contributed by atoms with Crippen LogP contribution in [0.4, 0.5) is 0 Å². The second-order valence-electron chi connectivity index (χ2n) is 4.71. The summed E-state index contributed by atoms with van der Waals surface area (Å²) in [5, 5.41) is 4.90. The molecule has 2 amide bonds. The van der Waals surface area contributed by atoms with E-state index in [0.717, 1.165) is 16.3 Å². The molecular formula is C17H14N2O3. The van der Waals surface area contributed by atoms with Crippen LogP contribution in [0.3, 0.4) is 0 Å². The molecule has 0 spiro atoms. The summed E-state index contributed by atoms with van der Waals surface area (Å²) < 4.78 is 5.35. The summed E-state index contributed by atoms with van der Waals surface area (Å²) in [6, 6.07) is 14.0. The van der Waals surface area contributed by atoms with Crippen molar-refractivity contribution in [2.24, 2.45) is 5.10 Å². The molecule has 0 fully saturated rings. The van der Waals surface area contributed by atoms with E-state index < -0.39 is 11.8 Å². The number of benzene rings is 2. The van der Waals surface area contributed by atoms with Gasteiger partial charge in [0.15, 0.2) is 0 Å². The van der Waals surface area contributed by atoms with Crippen LogP contribution >= 0.6 is 0 Å². The van der Waals surface area contributed by atoms with E-state index in [1.807, 2.05) is 31.2 Å². The fraction of sp³-hybridized carbons (Fsp3) is 0.118. The monoisotopic (exact) mass is 294 g/mol. The first-order valence-corrected chi connectivity index (χ1v) is 6.95. The van der Waals surface area contributed by atoms with E-state index in [1.54, 1.807) is 24.3 Å². The van der Waals surface area contributed by atoms with Crippen LogP contribution in [0, 0.1) is 0 Å². The number of carbonyl (C=O) groups is 2. The summed E-state index contributed by atoms with van der Waals surface area (Å²) in [6.07, 6.45) is 1.48. The van der Waals surface area contributed by atoms with Crippen LogP contribution in [0.25, 0.3) is 0 Å². The van der Waals surface area contributed by atoms with Crippen LogP contribution in [0.2, 0.25) is 0 Å². The first-order valence-electron chi connectivity index (χ1n) is 6.95. The topological polar surface area (TPSA) is 59.0 Å². The molecule has 1 aliphatic rings. The average Bonchev–Trinajstić information content (AvgIpc) is 2.79. The van der Waals surface area contributed by atoms with Gasteiger partial charge in [0.2, 0.25) is 0 Å². The van der Waals surface area contributed by atoms with Crippen molar-refractivity contribution in [2.45, 2.75) is 6.92 Å². The lowest BCUT2D eigenvalue weighted by Crippen LogP contribution is -2.23. The van der Waals surface area contributed by atoms with Crippen LogP contribution in [0.15, 0.2) is 53.6 Å². The zero-order valence-corrected chi connectivity index (χ0v) is 12.0. The van der Waals surface area contributed by atoms with Crippen molar-refractivity contribution in [1.29, 1.82) is 0 Å². The number of nitrogens with zero attached hydrogens (tertiary/aromatic N) is 2. The molecule has 0 saturated carbocycles. The van der Waals surface area contributed by atoms with Crippen LogP contribution in [-0.2, 0) is 0 Å². The van der Waals surface area contributed by atoms with E-state index in [-0.39, 0.29) is 0 Å². The molecule has 110 valence electrons. The van der Waals surface area contributed by atoms with Crippen molar-refractivity contribution < 1.29 is 14.3 Å². The number of hydrogen-bond donors (Lipinski definition) is 0. The molecule has 3 rings (SSSR count). The Labute approximate surface area is 127 Å². The minimum absolute atomic E-state index is 0.386. The second-order valence-corrected chi connectivity index (χ2v) is 4.71. The van der Waals surface area contributed by atoms with Gasteiger partial charge in [0.05, 0.1) is 23.9 Å². The summed E-state index contributed by atoms with van der Waals surface area (Å²) in [4.78, 5) is 24.3. The number of amides is 2. The van der Waals surface area contributed by atoms with Gasteiger partial charge in [-0.1, -0.05) is 12.1 Å². The van der Waals surface area contributed by atoms with Crippen molar-refractivity contribution in [2.75, 3.05) is 6.61 Å². The molecule has 0 atom stereocenters. The van der Waals surface area contributed by atoms with Crippen molar-refractivity contribution in [3.05, 3.63) is 65.2 Å². The Balaban J connectivity index is 1.79. The van der Waals surface area contributed by atoms with Gasteiger partial charge in [-0.3, -0.25) is 9.59 Å². The third-order valence-electron chi connectivity index (χ3n) is 3.29. The molecule has 0 aliphatic carbocycles. The molecule has 5 nitrogen and oxygen atoms in total. The number of ether oxygens (including phenoxy) is 1. The fourth-order valence-corrected chi connectivity index (χ4v) is 2.22. The average molecular weight is 294 g/mol. The molecular weight excluding hydrogens is 280 g/mol. The molecule has 1 heterocycles. The SMILES string of the molecule is CCOc1ccc(/C=N\N2C(=O)c3ccccc3C2=O)cc1. The van der Waals surface area contributed by atoms with Crippen molar-refractivity contribution in [3.63, 3.8) is 0 Å². The lowest BCUT2D eigenvalue weighted by molar-refractivity contribution is 0.0660. The number of rotatable bonds is 4. The van der Waals surface area contributed by atoms with Crippen molar-refractivity contribution in [3.8, 4) is 5.75 Å². The molecule has 2 aromatic rings. The Morgan fingerprint density at radius 2 is 1.59 bits per heavy atom. The first kappa shape index (κ1) is 14.0. The highest BCUT2D eigenvalue weighted by Crippen LogP contribution is 2.22. The van der Waals surface area contributed by atoms with Gasteiger partial charge in [-0.05, 0) is 48.9 Å². The van der Waals surface area contributed by atoms with E-state index in [9.17, 15) is 9.59 Å². The van der Waals surface area contributed by atoms with Crippen LogP contribution in [-0.4, -0.2) is 29.6 Å². The van der Waals surface area contributed by atoms with Gasteiger partial charge < -0.3 is 4.74 Å². The number of imide groups is 1. The molecule has 22 heavy (non-hydrogen) atoms. The standard InChI is InChI=1S/C17H14N2O3/c1-2-22-13-9-7-12(8-10-13)11-18-19-16(20)14-5-3-4-6-15(14)17(19)21/h3-11H,2H2,1H3/b18-11-. The van der Waals surface area contributed by atoms with Crippen LogP contribution < -0.4 is 4.74 Å². The number of hydrogen-bond acceptors (Lipinski definition) is 4. The molecule has 0 N–H and O–H groups in total. The molecule has 2 aromatic carbocycles. The summed E-state index contributed by atoms with van der Waals surface area (Å²) in [5.41, 5.74) is 1.55. The Hall–Kier alpha value is -2.95. The lowest BCUT2D eigenvalue weighted by Gasteiger charge is -2.06. The zero-order valence-electron chi connectivity index (χ0n) is 12.0. The van der Waals surface area contributed by atoms with E-state index >= 15 is 0 Å². The summed E-state index contributed by atoms with van der Waals surface area (Å²) in [6.45, 7) is 2.51. The van der Waals surface area contributed by atoms with Gasteiger partial charge in [0.25, 0.3) is 11.8 Å². The van der Waals surface area contributed by atoms with Crippen LogP contribution in [0.1, 0.15) is 33.2 Å². The Bertz CT molecular complexity index is 716. The molecule has 1 aliphatic heterocycles. The highest BCUT2D eigenvalue weighted by Gasteiger charge is 2.35. The third-order valence-corrected chi connectivity index (χ3v) is 3.29. The van der Waals surface area contributed by atoms with Crippen molar-refractivity contribution in [1.82, 2.24) is 5.01 Å². The summed E-state index contributed by atoms with van der Waals surface area (Å²) in [5.74, 6) is -0.0362. The number of carbonyl (C=O) groups excluding carboxylic acids is 2. The quantitative estimate of drug-likeness (QED) is 0.643. The van der Waals surface area contributed by atoms with Gasteiger partial charge in [0, 0.05) is 0 Å². The fourth-order valence-electron chi connectivity index (χ4n) is 2.22. The lowest BCUT2D eigenvalue weighted by atomic mass is 10.1. The molecule has 0 aromatic heterocycles. The van der Waals surface area contributed by atoms with Gasteiger partial charge >= 0.3 is 0 Å². The van der Waals surface area contributed by atoms with Crippen molar-refractivity contribution >= 4 is 18.0 Å². The van der Waals surface area contributed by atoms with E-state index in [1.165, 1.54) is 6.21 Å². The van der Waals surface area contributed by atoms with E-state index in [2.05, 4.69) is 5.10 Å². The summed E-state index contributed by atoms with van der Waals surface area (Å²) >= 11 is 0. The van der Waals surface area contributed by atoms with Crippen LogP contribution in [0.5, 0.6) is 5.75 Å². The summed E-state index contributed by atoms with van der Waals surface area (Å²) in [7, 11) is 0. The third kappa shape index (κ3) is 2.48. The largest absolute Gasteiger partial charge is 0.494 e. The zero-order chi connectivity index (χ0) is 15.5. The van der Waals surface area contributed by atoms with Gasteiger partial charge in [0.1, 0.15) is 5.75 Å². The maximum atomic E-state index is 12.1. The van der Waals surface area contributed by atoms with E-state index in [0.29, 0.717) is 17.7 Å². The highest BCUT2D eigenvalue weighted by atomic mass is 16.5. The molecule has 0 saturated heterocycles. The predicted octanol–water partition coefficient (Wildman–Crippen LogP) is 2.72. The Morgan fingerprint density at radius 1 is 1.00 bits per heavy atom. The maximum Gasteiger partial charge on any atom is 0.282 e. The predicted molar refractivity (Wildman–Crippen MR) is 82.1 cm³/mol. The van der Waals surface area contributed by atoms with Gasteiger partial charge in [-0.25, -0.2) is 0 Å². The molecule has 0 bridgehead atoms. The normalized spacial score (nSPS) is 13.8. The second kappa shape index (κ2) is 5.81. The first-order chi connectivity index (χ1) is 10.7. The van der Waals surface area contributed by atoms with Gasteiger partial charge in [-0.2, -0.15) is 10.1 Å². The highest BCUT2D eigenvalue weighted by molar-refractivity contribution is 6.21. The number of hydrazone groups is 1. The Kier molecular flexibility index (Phi) is 3.70. The minimum atomic E-state index is -0.400. The Morgan fingerprint density at radius 3 is 2.14 bits per heavy atom. The maximum absolute atomic E-state index is 12.1. The molecule has 0 radical (unpaired) electrons. The van der Waals surface area contributed by atoms with E-state index in [4.69, 9.17) is 4.74 Å². The number of fused-ring (bicyclic) bond motifs is 1. The molecule has 0 unspecified atom stereocenters.